The van der Waals surface area contributed by atoms with Crippen LogP contribution in [0.1, 0.15) is 10.4 Å². The third-order valence-corrected chi connectivity index (χ3v) is 4.13. The van der Waals surface area contributed by atoms with Gasteiger partial charge in [0.15, 0.2) is 5.69 Å². The molecule has 1 aromatic heterocycles. The van der Waals surface area contributed by atoms with Crippen molar-refractivity contribution in [2.45, 2.75) is 0 Å². The summed E-state index contributed by atoms with van der Waals surface area (Å²) >= 11 is 6.56. The van der Waals surface area contributed by atoms with Crippen molar-refractivity contribution in [2.75, 3.05) is 0 Å². The monoisotopic (exact) mass is 437 g/mol. The van der Waals surface area contributed by atoms with E-state index in [9.17, 15) is 15.0 Å². The number of phenols is 1. The number of rotatable bonds is 2. The van der Waals surface area contributed by atoms with Gasteiger partial charge in [0.1, 0.15) is 5.75 Å². The fourth-order valence-corrected chi connectivity index (χ4v) is 2.79. The molecule has 0 bridgehead atoms. The van der Waals surface area contributed by atoms with Gasteiger partial charge in [0.2, 0.25) is 5.88 Å². The van der Waals surface area contributed by atoms with Crippen LogP contribution in [0.25, 0.3) is 10.9 Å². The number of azo groups is 1. The first-order valence-electron chi connectivity index (χ1n) is 6.40. The number of carbonyl (C=O) groups excluding carboxylic acids is 1. The second-order valence-corrected chi connectivity index (χ2v) is 6.51. The van der Waals surface area contributed by atoms with E-state index in [2.05, 4.69) is 47.1 Å². The Morgan fingerprint density at radius 3 is 2.52 bits per heavy atom. The lowest BCUT2D eigenvalue weighted by Crippen LogP contribution is -1.94. The minimum atomic E-state index is -0.715. The molecule has 0 aliphatic carbocycles. The molecule has 0 atom stereocenters. The average molecular weight is 439 g/mol. The zero-order valence-corrected chi connectivity index (χ0v) is 14.6. The van der Waals surface area contributed by atoms with Gasteiger partial charge >= 0.3 is 0 Å². The van der Waals surface area contributed by atoms with Gasteiger partial charge in [-0.25, -0.2) is 0 Å². The first-order valence-corrected chi connectivity index (χ1v) is 7.99. The van der Waals surface area contributed by atoms with Crippen molar-refractivity contribution in [1.29, 1.82) is 0 Å². The Balaban J connectivity index is 2.00. The van der Waals surface area contributed by atoms with E-state index in [1.165, 1.54) is 12.1 Å². The molecule has 6 nitrogen and oxygen atoms in total. The van der Waals surface area contributed by atoms with Gasteiger partial charge in [-0.1, -0.05) is 31.9 Å². The number of hydrogen-bond donors (Lipinski definition) is 3. The number of fused-ring (bicyclic) bond motifs is 1. The summed E-state index contributed by atoms with van der Waals surface area (Å²) in [6.45, 7) is 0. The van der Waals surface area contributed by atoms with Crippen molar-refractivity contribution in [3.05, 3.63) is 50.9 Å². The SMILES string of the molecule is O=C(N=Nc1c(O)[nH]c2ccc(Br)cc12)c1cc(Br)ccc1O. The molecule has 23 heavy (non-hydrogen) atoms. The van der Waals surface area contributed by atoms with Gasteiger partial charge in [0, 0.05) is 14.3 Å². The number of benzene rings is 2. The number of carbonyl (C=O) groups is 1. The summed E-state index contributed by atoms with van der Waals surface area (Å²) in [5, 5.41) is 27.7. The van der Waals surface area contributed by atoms with Crippen LogP contribution in [0, 0.1) is 0 Å². The van der Waals surface area contributed by atoms with E-state index in [1.54, 1.807) is 18.2 Å². The van der Waals surface area contributed by atoms with Crippen LogP contribution in [0.2, 0.25) is 0 Å². The van der Waals surface area contributed by atoms with Crippen LogP contribution in [0.4, 0.5) is 5.69 Å². The third kappa shape index (κ3) is 3.13. The molecule has 3 rings (SSSR count). The minimum Gasteiger partial charge on any atom is -0.507 e. The summed E-state index contributed by atoms with van der Waals surface area (Å²) in [4.78, 5) is 14.8. The first kappa shape index (κ1) is 15.7. The summed E-state index contributed by atoms with van der Waals surface area (Å²) in [7, 11) is 0. The van der Waals surface area contributed by atoms with E-state index in [0.717, 1.165) is 4.47 Å². The molecule has 1 heterocycles. The molecule has 0 aliphatic heterocycles. The normalized spacial score (nSPS) is 11.4. The Morgan fingerprint density at radius 2 is 1.74 bits per heavy atom. The maximum atomic E-state index is 12.1. The summed E-state index contributed by atoms with van der Waals surface area (Å²) in [6, 6.07) is 9.76. The molecule has 116 valence electrons. The van der Waals surface area contributed by atoms with Crippen LogP contribution in [0.15, 0.2) is 55.6 Å². The van der Waals surface area contributed by atoms with Gasteiger partial charge in [-0.05, 0) is 36.4 Å². The Hall–Kier alpha value is -2.19. The predicted octanol–water partition coefficient (Wildman–Crippen LogP) is 5.03. The summed E-state index contributed by atoms with van der Waals surface area (Å²) < 4.78 is 1.43. The lowest BCUT2D eigenvalue weighted by atomic mass is 10.2. The highest BCUT2D eigenvalue weighted by atomic mass is 79.9. The molecular formula is C15H9Br2N3O3. The van der Waals surface area contributed by atoms with E-state index in [0.29, 0.717) is 15.4 Å². The number of nitrogens with one attached hydrogen (secondary N) is 1. The number of aromatic nitrogens is 1. The molecule has 0 saturated heterocycles. The minimum absolute atomic E-state index is 0.0173. The molecule has 0 unspecified atom stereocenters. The van der Waals surface area contributed by atoms with E-state index in [4.69, 9.17) is 0 Å². The molecule has 0 aliphatic rings. The maximum absolute atomic E-state index is 12.1. The number of aromatic amines is 1. The van der Waals surface area contributed by atoms with Crippen LogP contribution in [-0.4, -0.2) is 21.1 Å². The van der Waals surface area contributed by atoms with Gasteiger partial charge in [-0.3, -0.25) is 4.79 Å². The molecule has 8 heteroatoms. The molecular weight excluding hydrogens is 430 g/mol. The second-order valence-electron chi connectivity index (χ2n) is 4.68. The van der Waals surface area contributed by atoms with Crippen molar-refractivity contribution in [3.63, 3.8) is 0 Å². The van der Waals surface area contributed by atoms with E-state index >= 15 is 0 Å². The quantitative estimate of drug-likeness (QED) is 0.489. The van der Waals surface area contributed by atoms with Crippen LogP contribution in [-0.2, 0) is 0 Å². The number of hydrogen-bond acceptors (Lipinski definition) is 4. The third-order valence-electron chi connectivity index (χ3n) is 3.14. The Labute approximate surface area is 147 Å². The van der Waals surface area contributed by atoms with E-state index in [-0.39, 0.29) is 22.9 Å². The average Bonchev–Trinajstić information content (AvgIpc) is 2.82. The topological polar surface area (TPSA) is 98.0 Å². The summed E-state index contributed by atoms with van der Waals surface area (Å²) in [6.07, 6.45) is 0. The molecule has 0 spiro atoms. The highest BCUT2D eigenvalue weighted by Gasteiger charge is 2.14. The molecule has 1 amide bonds. The van der Waals surface area contributed by atoms with Crippen molar-refractivity contribution in [3.8, 4) is 11.6 Å². The lowest BCUT2D eigenvalue weighted by Gasteiger charge is -1.99. The van der Waals surface area contributed by atoms with Crippen molar-refractivity contribution >= 4 is 54.4 Å². The van der Waals surface area contributed by atoms with Gasteiger partial charge in [-0.2, -0.15) is 0 Å². The number of aromatic hydroxyl groups is 2. The zero-order valence-electron chi connectivity index (χ0n) is 11.4. The van der Waals surface area contributed by atoms with Crippen molar-refractivity contribution in [1.82, 2.24) is 4.98 Å². The molecule has 0 saturated carbocycles. The highest BCUT2D eigenvalue weighted by Crippen LogP contribution is 2.37. The molecule has 0 radical (unpaired) electrons. The molecule has 3 N–H and O–H groups in total. The van der Waals surface area contributed by atoms with Gasteiger partial charge in [0.05, 0.1) is 11.1 Å². The second kappa shape index (κ2) is 6.13. The van der Waals surface area contributed by atoms with Gasteiger partial charge in [0.25, 0.3) is 5.91 Å². The van der Waals surface area contributed by atoms with E-state index < -0.39 is 5.91 Å². The Bertz CT molecular complexity index is 951. The zero-order chi connectivity index (χ0) is 16.6. The summed E-state index contributed by atoms with van der Waals surface area (Å²) in [5.74, 6) is -1.09. The maximum Gasteiger partial charge on any atom is 0.299 e. The van der Waals surface area contributed by atoms with Crippen LogP contribution in [0.3, 0.4) is 0 Å². The highest BCUT2D eigenvalue weighted by molar-refractivity contribution is 9.10. The summed E-state index contributed by atoms with van der Waals surface area (Å²) in [5.41, 5.74) is 0.838. The number of nitrogens with zero attached hydrogens (tertiary/aromatic N) is 2. The number of H-pyrrole nitrogens is 1. The van der Waals surface area contributed by atoms with Gasteiger partial charge in [-0.15, -0.1) is 10.2 Å². The number of amides is 1. The Kier molecular flexibility index (Phi) is 4.18. The predicted molar refractivity (Wildman–Crippen MR) is 92.3 cm³/mol. The van der Waals surface area contributed by atoms with E-state index in [1.807, 2.05) is 6.07 Å². The number of phenolic OH excluding ortho intramolecular Hbond substituents is 1. The number of halogens is 2. The van der Waals surface area contributed by atoms with Crippen LogP contribution < -0.4 is 0 Å². The molecule has 2 aromatic carbocycles. The fourth-order valence-electron chi connectivity index (χ4n) is 2.07. The van der Waals surface area contributed by atoms with Gasteiger partial charge < -0.3 is 15.2 Å². The lowest BCUT2D eigenvalue weighted by molar-refractivity contribution is 0.0992. The van der Waals surface area contributed by atoms with Crippen molar-refractivity contribution < 1.29 is 15.0 Å². The smallest absolute Gasteiger partial charge is 0.299 e. The van der Waals surface area contributed by atoms with Crippen LogP contribution in [0.5, 0.6) is 11.6 Å². The molecule has 0 fully saturated rings. The standard InChI is InChI=1S/C15H9Br2N3O3/c16-7-1-3-11-9(5-7)13(15(23)18-11)19-20-14(22)10-6-8(17)2-4-12(10)21/h1-6,18,21,23H. The Morgan fingerprint density at radius 1 is 1.04 bits per heavy atom. The first-order chi connectivity index (χ1) is 11.0. The largest absolute Gasteiger partial charge is 0.507 e. The fraction of sp³-hybridized carbons (Fsp3) is 0. The molecule has 3 aromatic rings. The van der Waals surface area contributed by atoms with Crippen LogP contribution >= 0.6 is 31.9 Å². The van der Waals surface area contributed by atoms with Crippen molar-refractivity contribution in [2.24, 2.45) is 10.2 Å².